The lowest BCUT2D eigenvalue weighted by Gasteiger charge is -2.36. The maximum absolute atomic E-state index is 12.5. The number of carbonyl (C=O) groups excluding carboxylic acids is 1. The molecule has 1 unspecified atom stereocenters. The third-order valence-corrected chi connectivity index (χ3v) is 5.05. The highest BCUT2D eigenvalue weighted by Gasteiger charge is 2.21. The van der Waals surface area contributed by atoms with E-state index in [0.29, 0.717) is 28.0 Å². The van der Waals surface area contributed by atoms with Crippen molar-refractivity contribution in [2.75, 3.05) is 22.5 Å². The third-order valence-electron chi connectivity index (χ3n) is 4.82. The molecule has 25 heavy (non-hydrogen) atoms. The second-order valence-electron chi connectivity index (χ2n) is 6.73. The largest absolute Gasteiger partial charge is 0.397 e. The number of anilines is 3. The topological polar surface area (TPSA) is 58.4 Å². The standard InChI is InChI=1S/C20H24ClN3O/c1-13-10-17(22)18(12-19(13)24-9-4-3-6-14(24)2)23-20(25)15-7-5-8-16(21)11-15/h5,7-8,10-12,14H,3-4,6,9,22H2,1-2H3,(H,23,25). The molecule has 1 aliphatic rings. The normalized spacial score (nSPS) is 17.4. The van der Waals surface area contributed by atoms with Crippen molar-refractivity contribution in [1.29, 1.82) is 0 Å². The van der Waals surface area contributed by atoms with Crippen LogP contribution in [0.15, 0.2) is 36.4 Å². The number of aryl methyl sites for hydroxylation is 1. The van der Waals surface area contributed by atoms with Gasteiger partial charge < -0.3 is 16.0 Å². The summed E-state index contributed by atoms with van der Waals surface area (Å²) >= 11 is 5.98. The van der Waals surface area contributed by atoms with E-state index in [2.05, 4.69) is 24.1 Å². The van der Waals surface area contributed by atoms with Crippen LogP contribution < -0.4 is 16.0 Å². The Balaban J connectivity index is 1.88. The van der Waals surface area contributed by atoms with Crippen LogP contribution in [0.2, 0.25) is 5.02 Å². The highest BCUT2D eigenvalue weighted by Crippen LogP contribution is 2.33. The molecule has 1 atom stereocenters. The van der Waals surface area contributed by atoms with E-state index >= 15 is 0 Å². The number of nitrogens with zero attached hydrogens (tertiary/aromatic N) is 1. The molecule has 0 bridgehead atoms. The molecule has 3 rings (SSSR count). The summed E-state index contributed by atoms with van der Waals surface area (Å²) in [6.45, 7) is 5.35. The maximum atomic E-state index is 12.5. The first-order valence-electron chi connectivity index (χ1n) is 8.69. The van der Waals surface area contributed by atoms with Gasteiger partial charge in [-0.1, -0.05) is 17.7 Å². The second-order valence-corrected chi connectivity index (χ2v) is 7.17. The predicted octanol–water partition coefficient (Wildman–Crippen LogP) is 4.86. The van der Waals surface area contributed by atoms with Crippen molar-refractivity contribution in [1.82, 2.24) is 0 Å². The Morgan fingerprint density at radius 2 is 2.08 bits per heavy atom. The Labute approximate surface area is 154 Å². The van der Waals surface area contributed by atoms with E-state index in [-0.39, 0.29) is 5.91 Å². The van der Waals surface area contributed by atoms with Crippen LogP contribution in [0, 0.1) is 6.92 Å². The monoisotopic (exact) mass is 357 g/mol. The molecule has 3 N–H and O–H groups in total. The lowest BCUT2D eigenvalue weighted by Crippen LogP contribution is -2.37. The zero-order chi connectivity index (χ0) is 18.0. The molecule has 1 aliphatic heterocycles. The van der Waals surface area contributed by atoms with Gasteiger partial charge >= 0.3 is 0 Å². The number of hydrogen-bond acceptors (Lipinski definition) is 3. The Morgan fingerprint density at radius 3 is 2.80 bits per heavy atom. The smallest absolute Gasteiger partial charge is 0.255 e. The Kier molecular flexibility index (Phi) is 5.19. The Morgan fingerprint density at radius 1 is 1.28 bits per heavy atom. The quantitative estimate of drug-likeness (QED) is 0.771. The molecule has 0 saturated carbocycles. The first-order valence-corrected chi connectivity index (χ1v) is 9.07. The van der Waals surface area contributed by atoms with E-state index < -0.39 is 0 Å². The van der Waals surface area contributed by atoms with E-state index in [1.54, 1.807) is 24.3 Å². The van der Waals surface area contributed by atoms with Crippen LogP contribution in [-0.4, -0.2) is 18.5 Å². The number of halogens is 1. The predicted molar refractivity (Wildman–Crippen MR) is 106 cm³/mol. The van der Waals surface area contributed by atoms with Crippen LogP contribution in [0.4, 0.5) is 17.1 Å². The van der Waals surface area contributed by atoms with Crippen molar-refractivity contribution >= 4 is 34.6 Å². The van der Waals surface area contributed by atoms with Crippen molar-refractivity contribution in [3.05, 3.63) is 52.5 Å². The minimum absolute atomic E-state index is 0.212. The fraction of sp³-hybridized carbons (Fsp3) is 0.350. The summed E-state index contributed by atoms with van der Waals surface area (Å²) in [6, 6.07) is 11.3. The van der Waals surface area contributed by atoms with E-state index in [1.165, 1.54) is 19.3 Å². The average Bonchev–Trinajstić information content (AvgIpc) is 2.58. The van der Waals surface area contributed by atoms with E-state index in [9.17, 15) is 4.79 Å². The van der Waals surface area contributed by atoms with Gasteiger partial charge in [0.15, 0.2) is 0 Å². The minimum Gasteiger partial charge on any atom is -0.397 e. The van der Waals surface area contributed by atoms with Gasteiger partial charge in [-0.05, 0) is 69.0 Å². The molecule has 132 valence electrons. The van der Waals surface area contributed by atoms with Gasteiger partial charge in [0.1, 0.15) is 0 Å². The van der Waals surface area contributed by atoms with Gasteiger partial charge in [0.2, 0.25) is 0 Å². The average molecular weight is 358 g/mol. The number of nitrogens with one attached hydrogen (secondary N) is 1. The molecule has 5 heteroatoms. The molecule has 0 spiro atoms. The van der Waals surface area contributed by atoms with E-state index in [1.807, 2.05) is 12.1 Å². The fourth-order valence-corrected chi connectivity index (χ4v) is 3.61. The molecule has 1 amide bonds. The van der Waals surface area contributed by atoms with Gasteiger partial charge in [-0.25, -0.2) is 0 Å². The van der Waals surface area contributed by atoms with Gasteiger partial charge in [0.25, 0.3) is 5.91 Å². The molecule has 1 heterocycles. The first-order chi connectivity index (χ1) is 12.0. The number of rotatable bonds is 3. The van der Waals surface area contributed by atoms with Crippen molar-refractivity contribution < 1.29 is 4.79 Å². The van der Waals surface area contributed by atoms with Gasteiger partial charge in [-0.3, -0.25) is 4.79 Å². The Hall–Kier alpha value is -2.20. The molecule has 0 aliphatic carbocycles. The van der Waals surface area contributed by atoms with Crippen molar-refractivity contribution in [3.8, 4) is 0 Å². The van der Waals surface area contributed by atoms with Crippen LogP contribution in [0.5, 0.6) is 0 Å². The summed E-state index contributed by atoms with van der Waals surface area (Å²) < 4.78 is 0. The van der Waals surface area contributed by atoms with Crippen LogP contribution in [0.25, 0.3) is 0 Å². The number of benzene rings is 2. The number of hydrogen-bond donors (Lipinski definition) is 2. The Bertz CT molecular complexity index is 791. The van der Waals surface area contributed by atoms with Crippen molar-refractivity contribution in [2.24, 2.45) is 0 Å². The van der Waals surface area contributed by atoms with E-state index in [0.717, 1.165) is 17.8 Å². The molecule has 2 aromatic rings. The number of nitrogen functional groups attached to an aromatic ring is 1. The SMILES string of the molecule is Cc1cc(N)c(NC(=O)c2cccc(Cl)c2)cc1N1CCCCC1C. The molecule has 4 nitrogen and oxygen atoms in total. The summed E-state index contributed by atoms with van der Waals surface area (Å²) in [7, 11) is 0. The van der Waals surface area contributed by atoms with Crippen LogP contribution in [0.3, 0.4) is 0 Å². The van der Waals surface area contributed by atoms with Crippen LogP contribution in [0.1, 0.15) is 42.1 Å². The van der Waals surface area contributed by atoms with Gasteiger partial charge in [0.05, 0.1) is 11.4 Å². The zero-order valence-corrected chi connectivity index (χ0v) is 15.4. The molecule has 1 saturated heterocycles. The van der Waals surface area contributed by atoms with Crippen molar-refractivity contribution in [3.63, 3.8) is 0 Å². The summed E-state index contributed by atoms with van der Waals surface area (Å²) in [5.41, 5.74) is 10.2. The minimum atomic E-state index is -0.212. The number of piperidine rings is 1. The summed E-state index contributed by atoms with van der Waals surface area (Å²) in [5.74, 6) is -0.212. The summed E-state index contributed by atoms with van der Waals surface area (Å²) in [5, 5.41) is 3.46. The second kappa shape index (κ2) is 7.36. The zero-order valence-electron chi connectivity index (χ0n) is 14.7. The highest BCUT2D eigenvalue weighted by molar-refractivity contribution is 6.31. The number of carbonyl (C=O) groups is 1. The highest BCUT2D eigenvalue weighted by atomic mass is 35.5. The molecule has 2 aromatic carbocycles. The van der Waals surface area contributed by atoms with E-state index in [4.69, 9.17) is 17.3 Å². The number of amides is 1. The lowest BCUT2D eigenvalue weighted by atomic mass is 10.0. The summed E-state index contributed by atoms with van der Waals surface area (Å²) in [4.78, 5) is 14.9. The number of nitrogens with two attached hydrogens (primary N) is 1. The lowest BCUT2D eigenvalue weighted by molar-refractivity contribution is 0.102. The van der Waals surface area contributed by atoms with Gasteiger partial charge in [-0.15, -0.1) is 0 Å². The van der Waals surface area contributed by atoms with Gasteiger partial charge in [-0.2, -0.15) is 0 Å². The van der Waals surface area contributed by atoms with Crippen LogP contribution in [-0.2, 0) is 0 Å². The molecular weight excluding hydrogens is 334 g/mol. The molecule has 1 fully saturated rings. The molecular formula is C20H24ClN3O. The third kappa shape index (κ3) is 3.90. The fourth-order valence-electron chi connectivity index (χ4n) is 3.42. The van der Waals surface area contributed by atoms with Crippen LogP contribution >= 0.6 is 11.6 Å². The maximum Gasteiger partial charge on any atom is 0.255 e. The van der Waals surface area contributed by atoms with Gasteiger partial charge in [0, 0.05) is 28.9 Å². The molecule has 0 radical (unpaired) electrons. The molecule has 0 aromatic heterocycles. The summed E-state index contributed by atoms with van der Waals surface area (Å²) in [6.07, 6.45) is 3.65. The van der Waals surface area contributed by atoms with Crippen molar-refractivity contribution in [2.45, 2.75) is 39.2 Å². The first kappa shape index (κ1) is 17.6.